The largest absolute Gasteiger partial charge is 0.413 e. The summed E-state index contributed by atoms with van der Waals surface area (Å²) in [6.07, 6.45) is 5.62. The normalized spacial score (nSPS) is 31.9. The summed E-state index contributed by atoms with van der Waals surface area (Å²) in [6.45, 7) is 0. The van der Waals surface area contributed by atoms with E-state index >= 15 is 0 Å². The SMILES string of the molecule is c1cc(B2O[C@H]3CCCC[C@@H]3O2)c[cH-]1. The Labute approximate surface area is 84.7 Å². The summed E-state index contributed by atoms with van der Waals surface area (Å²) in [7, 11) is -0.0990. The van der Waals surface area contributed by atoms with Gasteiger partial charge in [0.2, 0.25) is 0 Å². The van der Waals surface area contributed by atoms with E-state index < -0.39 is 0 Å². The van der Waals surface area contributed by atoms with E-state index in [1.54, 1.807) is 0 Å². The van der Waals surface area contributed by atoms with Gasteiger partial charge in [-0.05, 0) is 12.8 Å². The molecule has 1 heterocycles. The molecule has 3 heteroatoms. The van der Waals surface area contributed by atoms with Crippen molar-refractivity contribution in [2.75, 3.05) is 0 Å². The maximum atomic E-state index is 5.89. The third-order valence-corrected chi connectivity index (χ3v) is 3.20. The molecule has 14 heavy (non-hydrogen) atoms. The number of rotatable bonds is 1. The minimum absolute atomic E-state index is 0.0990. The highest BCUT2D eigenvalue weighted by atomic mass is 16.7. The molecule has 2 aliphatic rings. The fraction of sp³-hybridized carbons (Fsp3) is 0.545. The zero-order valence-corrected chi connectivity index (χ0v) is 8.19. The Hall–Kier alpha value is -0.665. The van der Waals surface area contributed by atoms with Crippen LogP contribution in [0.25, 0.3) is 0 Å². The minimum Gasteiger partial charge on any atom is -0.413 e. The zero-order chi connectivity index (χ0) is 9.38. The molecule has 2 fully saturated rings. The lowest BCUT2D eigenvalue weighted by Gasteiger charge is -2.22. The molecule has 0 spiro atoms. The molecule has 1 aromatic rings. The predicted octanol–water partition coefficient (Wildman–Crippen LogP) is 1.46. The van der Waals surface area contributed by atoms with Crippen molar-refractivity contribution in [1.82, 2.24) is 0 Å². The highest BCUT2D eigenvalue weighted by molar-refractivity contribution is 6.61. The highest BCUT2D eigenvalue weighted by Gasteiger charge is 2.38. The number of hydrogen-bond donors (Lipinski definition) is 0. The van der Waals surface area contributed by atoms with Crippen molar-refractivity contribution in [2.45, 2.75) is 37.9 Å². The first kappa shape index (κ1) is 8.63. The fourth-order valence-electron chi connectivity index (χ4n) is 2.43. The van der Waals surface area contributed by atoms with E-state index in [2.05, 4.69) is 12.1 Å². The van der Waals surface area contributed by atoms with Crippen LogP contribution in [0.4, 0.5) is 0 Å². The van der Waals surface area contributed by atoms with Crippen LogP contribution in [0.1, 0.15) is 25.7 Å². The molecular formula is C11H14BO2-. The van der Waals surface area contributed by atoms with E-state index in [-0.39, 0.29) is 7.12 Å². The van der Waals surface area contributed by atoms with Gasteiger partial charge in [-0.3, -0.25) is 0 Å². The second kappa shape index (κ2) is 3.48. The van der Waals surface area contributed by atoms with Crippen molar-refractivity contribution >= 4 is 12.6 Å². The Morgan fingerprint density at radius 1 is 1.21 bits per heavy atom. The van der Waals surface area contributed by atoms with Crippen LogP contribution >= 0.6 is 0 Å². The first-order valence-electron chi connectivity index (χ1n) is 5.46. The average Bonchev–Trinajstić information content (AvgIpc) is 2.86. The first-order chi connectivity index (χ1) is 6.93. The van der Waals surface area contributed by atoms with E-state index in [0.717, 1.165) is 0 Å². The van der Waals surface area contributed by atoms with E-state index in [9.17, 15) is 0 Å². The topological polar surface area (TPSA) is 18.5 Å². The van der Waals surface area contributed by atoms with Crippen molar-refractivity contribution < 1.29 is 9.31 Å². The average molecular weight is 189 g/mol. The van der Waals surface area contributed by atoms with Crippen molar-refractivity contribution in [1.29, 1.82) is 0 Å². The van der Waals surface area contributed by atoms with Gasteiger partial charge in [0.05, 0.1) is 12.2 Å². The standard InChI is InChI=1S/C11H14BO2/c1-2-6-9(5-1)12-13-10-7-3-4-8-11(10)14-12/h1-2,5-6,10-11H,3-4,7-8H2/q-1/t10-,11-/m0/s1. The molecule has 1 aliphatic heterocycles. The molecule has 0 amide bonds. The van der Waals surface area contributed by atoms with Crippen LogP contribution in [-0.2, 0) is 9.31 Å². The third kappa shape index (κ3) is 1.41. The van der Waals surface area contributed by atoms with Gasteiger partial charge in [-0.2, -0.15) is 23.7 Å². The predicted molar refractivity (Wildman–Crippen MR) is 55.6 cm³/mol. The Morgan fingerprint density at radius 3 is 2.50 bits per heavy atom. The molecule has 74 valence electrons. The summed E-state index contributed by atoms with van der Waals surface area (Å²) in [5.41, 5.74) is 1.17. The molecule has 2 nitrogen and oxygen atoms in total. The van der Waals surface area contributed by atoms with E-state index in [1.807, 2.05) is 12.1 Å². The lowest BCUT2D eigenvalue weighted by Crippen LogP contribution is -2.31. The molecule has 0 aromatic heterocycles. The molecule has 0 unspecified atom stereocenters. The molecule has 1 saturated heterocycles. The van der Waals surface area contributed by atoms with Crippen molar-refractivity contribution in [3.63, 3.8) is 0 Å². The molecule has 1 saturated carbocycles. The number of hydrogen-bond acceptors (Lipinski definition) is 2. The van der Waals surface area contributed by atoms with Gasteiger partial charge >= 0.3 is 7.12 Å². The maximum Gasteiger partial charge on any atom is 0.406 e. The zero-order valence-electron chi connectivity index (χ0n) is 8.19. The van der Waals surface area contributed by atoms with Gasteiger partial charge in [-0.15, -0.1) is 0 Å². The van der Waals surface area contributed by atoms with Crippen LogP contribution < -0.4 is 5.46 Å². The van der Waals surface area contributed by atoms with Gasteiger partial charge in [0.25, 0.3) is 0 Å². The van der Waals surface area contributed by atoms with Crippen LogP contribution in [0.3, 0.4) is 0 Å². The fourth-order valence-corrected chi connectivity index (χ4v) is 2.43. The van der Waals surface area contributed by atoms with Gasteiger partial charge in [-0.25, -0.2) is 6.07 Å². The molecule has 2 atom stereocenters. The van der Waals surface area contributed by atoms with Gasteiger partial charge in [0, 0.05) is 0 Å². The highest BCUT2D eigenvalue weighted by Crippen LogP contribution is 2.29. The lowest BCUT2D eigenvalue weighted by molar-refractivity contribution is 0.110. The van der Waals surface area contributed by atoms with Crippen LogP contribution in [0, 0.1) is 0 Å². The Morgan fingerprint density at radius 2 is 1.93 bits per heavy atom. The molecule has 3 rings (SSSR count). The Bertz CT molecular complexity index is 282. The second-order valence-electron chi connectivity index (χ2n) is 4.18. The van der Waals surface area contributed by atoms with E-state index in [1.165, 1.54) is 31.1 Å². The summed E-state index contributed by atoms with van der Waals surface area (Å²) >= 11 is 0. The Balaban J connectivity index is 1.74. The van der Waals surface area contributed by atoms with Crippen LogP contribution in [-0.4, -0.2) is 19.3 Å². The van der Waals surface area contributed by atoms with Crippen LogP contribution in [0.2, 0.25) is 0 Å². The summed E-state index contributed by atoms with van der Waals surface area (Å²) in [5, 5.41) is 0. The third-order valence-electron chi connectivity index (χ3n) is 3.20. The second-order valence-corrected chi connectivity index (χ2v) is 4.18. The van der Waals surface area contributed by atoms with Gasteiger partial charge in [0.15, 0.2) is 0 Å². The minimum atomic E-state index is -0.0990. The van der Waals surface area contributed by atoms with Crippen molar-refractivity contribution in [3.05, 3.63) is 24.3 Å². The van der Waals surface area contributed by atoms with Gasteiger partial charge in [-0.1, -0.05) is 12.8 Å². The molecular weight excluding hydrogens is 175 g/mol. The molecule has 0 N–H and O–H groups in total. The molecule has 1 aromatic carbocycles. The lowest BCUT2D eigenvalue weighted by atomic mass is 9.81. The van der Waals surface area contributed by atoms with Crippen molar-refractivity contribution in [2.24, 2.45) is 0 Å². The summed E-state index contributed by atoms with van der Waals surface area (Å²) < 4.78 is 11.8. The Kier molecular flexibility index (Phi) is 2.15. The summed E-state index contributed by atoms with van der Waals surface area (Å²) in [6, 6.07) is 8.21. The molecule has 0 radical (unpaired) electrons. The van der Waals surface area contributed by atoms with Crippen LogP contribution in [0.15, 0.2) is 24.3 Å². The summed E-state index contributed by atoms with van der Waals surface area (Å²) in [5.74, 6) is 0. The van der Waals surface area contributed by atoms with Crippen LogP contribution in [0.5, 0.6) is 0 Å². The smallest absolute Gasteiger partial charge is 0.406 e. The summed E-state index contributed by atoms with van der Waals surface area (Å²) in [4.78, 5) is 0. The number of fused-ring (bicyclic) bond motifs is 1. The molecule has 0 bridgehead atoms. The maximum absolute atomic E-state index is 5.89. The van der Waals surface area contributed by atoms with Crippen molar-refractivity contribution in [3.8, 4) is 0 Å². The van der Waals surface area contributed by atoms with E-state index in [0.29, 0.717) is 12.2 Å². The van der Waals surface area contributed by atoms with Gasteiger partial charge in [0.1, 0.15) is 0 Å². The first-order valence-corrected chi connectivity index (χ1v) is 5.46. The monoisotopic (exact) mass is 189 g/mol. The van der Waals surface area contributed by atoms with E-state index in [4.69, 9.17) is 9.31 Å². The molecule has 1 aliphatic carbocycles. The quantitative estimate of drug-likeness (QED) is 0.491. The van der Waals surface area contributed by atoms with Gasteiger partial charge < -0.3 is 9.31 Å².